The van der Waals surface area contributed by atoms with Crippen molar-refractivity contribution < 1.29 is 0 Å². The number of nitrogens with one attached hydrogen (secondary N) is 2. The molecule has 4 heteroatoms. The molecule has 0 bridgehead atoms. The Morgan fingerprint density at radius 2 is 1.09 bits per heavy atom. The number of pyridine rings is 2. The maximum atomic E-state index is 12.0. The Morgan fingerprint density at radius 1 is 0.636 bits per heavy atom. The molecule has 5 aromatic rings. The molecule has 2 heterocycles. The number of H-pyrrole nitrogens is 2. The van der Waals surface area contributed by atoms with Gasteiger partial charge in [-0.2, -0.15) is 0 Å². The van der Waals surface area contributed by atoms with Gasteiger partial charge in [0, 0.05) is 33.7 Å². The molecule has 0 saturated heterocycles. The second-order valence-corrected chi connectivity index (χ2v) is 5.56. The van der Waals surface area contributed by atoms with Gasteiger partial charge in [0.2, 0.25) is 11.1 Å². The Hall–Kier alpha value is -3.14. The van der Waals surface area contributed by atoms with E-state index in [-0.39, 0.29) is 11.1 Å². The third-order valence-electron chi connectivity index (χ3n) is 4.30. The Labute approximate surface area is 123 Å². The molecule has 0 spiro atoms. The summed E-state index contributed by atoms with van der Waals surface area (Å²) in [6.07, 6.45) is 0. The smallest absolute Gasteiger partial charge is 0.249 e. The van der Waals surface area contributed by atoms with Gasteiger partial charge in [0.25, 0.3) is 0 Å². The topological polar surface area (TPSA) is 65.7 Å². The van der Waals surface area contributed by atoms with Crippen LogP contribution in [-0.2, 0) is 0 Å². The van der Waals surface area contributed by atoms with E-state index >= 15 is 0 Å². The first kappa shape index (κ1) is 11.5. The fraction of sp³-hybridized carbons (Fsp3) is 0. The van der Waals surface area contributed by atoms with E-state index in [0.29, 0.717) is 0 Å². The zero-order valence-electron chi connectivity index (χ0n) is 11.4. The molecular weight excluding hydrogens is 276 g/mol. The summed E-state index contributed by atoms with van der Waals surface area (Å²) in [5.74, 6) is 0. The van der Waals surface area contributed by atoms with E-state index in [1.165, 1.54) is 0 Å². The van der Waals surface area contributed by atoms with Crippen LogP contribution in [0.15, 0.2) is 58.1 Å². The molecule has 0 saturated carbocycles. The molecule has 2 N–H and O–H groups in total. The van der Waals surface area contributed by atoms with Crippen LogP contribution >= 0.6 is 0 Å². The van der Waals surface area contributed by atoms with Gasteiger partial charge < -0.3 is 9.97 Å². The second kappa shape index (κ2) is 3.74. The third-order valence-corrected chi connectivity index (χ3v) is 4.30. The third kappa shape index (κ3) is 1.31. The molecule has 0 aliphatic carbocycles. The van der Waals surface area contributed by atoms with E-state index in [9.17, 15) is 9.59 Å². The normalized spacial score (nSPS) is 12.0. The second-order valence-electron chi connectivity index (χ2n) is 5.56. The quantitative estimate of drug-likeness (QED) is 0.339. The summed E-state index contributed by atoms with van der Waals surface area (Å²) in [5.41, 5.74) is 1.40. The lowest BCUT2D eigenvalue weighted by Crippen LogP contribution is -2.07. The SMILES string of the molecule is O=c1cc2cccc3c4[nH]c(=O)cc5cccc(c([nH]1)c23)c54. The molecule has 0 aliphatic heterocycles. The number of benzene rings is 3. The molecule has 0 unspecified atom stereocenters. The van der Waals surface area contributed by atoms with Crippen LogP contribution in [0.5, 0.6) is 0 Å². The van der Waals surface area contributed by atoms with Crippen LogP contribution in [-0.4, -0.2) is 9.97 Å². The average molecular weight is 286 g/mol. The van der Waals surface area contributed by atoms with E-state index in [1.807, 2.05) is 36.4 Å². The molecule has 22 heavy (non-hydrogen) atoms. The van der Waals surface area contributed by atoms with Gasteiger partial charge in [-0.05, 0) is 10.8 Å². The average Bonchev–Trinajstić information content (AvgIpc) is 2.51. The highest BCUT2D eigenvalue weighted by Crippen LogP contribution is 2.36. The van der Waals surface area contributed by atoms with Crippen molar-refractivity contribution in [3.8, 4) is 0 Å². The van der Waals surface area contributed by atoms with Gasteiger partial charge in [-0.25, -0.2) is 0 Å². The first-order chi connectivity index (χ1) is 10.7. The molecule has 5 rings (SSSR count). The summed E-state index contributed by atoms with van der Waals surface area (Å²) in [7, 11) is 0. The van der Waals surface area contributed by atoms with Crippen molar-refractivity contribution in [2.75, 3.05) is 0 Å². The highest BCUT2D eigenvalue weighted by atomic mass is 16.1. The molecule has 2 aromatic heterocycles. The van der Waals surface area contributed by atoms with E-state index in [0.717, 1.165) is 43.4 Å². The van der Waals surface area contributed by atoms with Gasteiger partial charge >= 0.3 is 0 Å². The van der Waals surface area contributed by atoms with Crippen molar-refractivity contribution in [3.05, 3.63) is 69.2 Å². The van der Waals surface area contributed by atoms with E-state index in [2.05, 4.69) is 9.97 Å². The number of hydrogen-bond donors (Lipinski definition) is 2. The number of hydrogen-bond acceptors (Lipinski definition) is 2. The summed E-state index contributed by atoms with van der Waals surface area (Å²) >= 11 is 0. The van der Waals surface area contributed by atoms with Gasteiger partial charge in [0.05, 0.1) is 11.0 Å². The summed E-state index contributed by atoms with van der Waals surface area (Å²) in [4.78, 5) is 29.9. The Morgan fingerprint density at radius 3 is 1.55 bits per heavy atom. The lowest BCUT2D eigenvalue weighted by molar-refractivity contribution is 1.31. The van der Waals surface area contributed by atoms with Crippen LogP contribution in [0.2, 0.25) is 0 Å². The van der Waals surface area contributed by atoms with Crippen molar-refractivity contribution in [1.29, 1.82) is 0 Å². The van der Waals surface area contributed by atoms with Crippen molar-refractivity contribution >= 4 is 43.4 Å². The Balaban J connectivity index is 2.33. The van der Waals surface area contributed by atoms with Crippen molar-refractivity contribution in [2.24, 2.45) is 0 Å². The summed E-state index contributed by atoms with van der Waals surface area (Å²) in [6, 6.07) is 14.8. The van der Waals surface area contributed by atoms with Crippen LogP contribution in [0.25, 0.3) is 43.4 Å². The first-order valence-electron chi connectivity index (χ1n) is 7.05. The zero-order valence-corrected chi connectivity index (χ0v) is 11.4. The Bertz CT molecular complexity index is 1210. The van der Waals surface area contributed by atoms with E-state index < -0.39 is 0 Å². The van der Waals surface area contributed by atoms with Crippen LogP contribution in [0.1, 0.15) is 0 Å². The monoisotopic (exact) mass is 286 g/mol. The van der Waals surface area contributed by atoms with Crippen LogP contribution in [0.3, 0.4) is 0 Å². The predicted molar refractivity (Wildman–Crippen MR) is 88.9 cm³/mol. The largest absolute Gasteiger partial charge is 0.321 e. The Kier molecular flexibility index (Phi) is 1.96. The van der Waals surface area contributed by atoms with Crippen molar-refractivity contribution in [1.82, 2.24) is 9.97 Å². The molecule has 0 aliphatic rings. The molecule has 0 amide bonds. The van der Waals surface area contributed by atoms with Crippen LogP contribution < -0.4 is 11.1 Å². The zero-order chi connectivity index (χ0) is 14.8. The van der Waals surface area contributed by atoms with Crippen LogP contribution in [0.4, 0.5) is 0 Å². The number of rotatable bonds is 0. The lowest BCUT2D eigenvalue weighted by atomic mass is 9.95. The van der Waals surface area contributed by atoms with Gasteiger partial charge in [-0.15, -0.1) is 0 Å². The lowest BCUT2D eigenvalue weighted by Gasteiger charge is -2.13. The maximum absolute atomic E-state index is 12.0. The number of aromatic nitrogens is 2. The number of fused-ring (bicyclic) bond motifs is 2. The molecule has 3 aromatic carbocycles. The molecule has 4 nitrogen and oxygen atoms in total. The first-order valence-corrected chi connectivity index (χ1v) is 7.05. The van der Waals surface area contributed by atoms with Crippen molar-refractivity contribution in [3.63, 3.8) is 0 Å². The van der Waals surface area contributed by atoms with Gasteiger partial charge in [0.1, 0.15) is 0 Å². The minimum Gasteiger partial charge on any atom is -0.321 e. The van der Waals surface area contributed by atoms with Gasteiger partial charge in [0.15, 0.2) is 0 Å². The highest BCUT2D eigenvalue weighted by molar-refractivity contribution is 6.30. The highest BCUT2D eigenvalue weighted by Gasteiger charge is 2.14. The van der Waals surface area contributed by atoms with E-state index in [4.69, 9.17) is 0 Å². The van der Waals surface area contributed by atoms with Gasteiger partial charge in [-0.1, -0.05) is 36.4 Å². The summed E-state index contributed by atoms with van der Waals surface area (Å²) in [6.45, 7) is 0. The fourth-order valence-corrected chi connectivity index (χ4v) is 3.49. The van der Waals surface area contributed by atoms with E-state index in [1.54, 1.807) is 12.1 Å². The minimum atomic E-state index is -0.121. The molecule has 0 radical (unpaired) electrons. The molecule has 0 fully saturated rings. The van der Waals surface area contributed by atoms with Crippen molar-refractivity contribution in [2.45, 2.75) is 0 Å². The van der Waals surface area contributed by atoms with Gasteiger partial charge in [-0.3, -0.25) is 9.59 Å². The molecular formula is C18H10N2O2. The van der Waals surface area contributed by atoms with Crippen LogP contribution in [0, 0.1) is 0 Å². The maximum Gasteiger partial charge on any atom is 0.249 e. The predicted octanol–water partition coefficient (Wildman–Crippen LogP) is 3.11. The summed E-state index contributed by atoms with van der Waals surface area (Å²) in [5, 5.41) is 5.61. The molecule has 104 valence electrons. The number of aromatic amines is 2. The molecule has 0 atom stereocenters. The standard InChI is InChI=1S/C18H10N2O2/c21-13-7-9-3-1-5-11-15(9)18(20-13)12-6-2-4-10-8-14(22)19-17(11)16(10)12/h1-8H,(H,19,22)(H,20,21). The summed E-state index contributed by atoms with van der Waals surface area (Å²) < 4.78 is 0. The fourth-order valence-electron chi connectivity index (χ4n) is 3.49. The minimum absolute atomic E-state index is 0.121.